The Morgan fingerprint density at radius 1 is 1.16 bits per heavy atom. The summed E-state index contributed by atoms with van der Waals surface area (Å²) in [5.41, 5.74) is 2.46. The second-order valence-electron chi connectivity index (χ2n) is 8.81. The van der Waals surface area contributed by atoms with E-state index in [9.17, 15) is 0 Å². The van der Waals surface area contributed by atoms with Crippen molar-refractivity contribution in [1.29, 1.82) is 0 Å². The molecule has 2 saturated heterocycles. The molecule has 31 heavy (non-hydrogen) atoms. The van der Waals surface area contributed by atoms with E-state index in [0.717, 1.165) is 76.0 Å². The molecule has 2 aromatic rings. The first-order valence-corrected chi connectivity index (χ1v) is 12.0. The van der Waals surface area contributed by atoms with Gasteiger partial charge in [0.1, 0.15) is 5.82 Å². The van der Waals surface area contributed by atoms with Crippen molar-refractivity contribution in [2.45, 2.75) is 58.0 Å². The van der Waals surface area contributed by atoms with E-state index in [1.165, 1.54) is 31.4 Å². The molecule has 0 amide bonds. The van der Waals surface area contributed by atoms with Gasteiger partial charge in [0.15, 0.2) is 5.96 Å². The van der Waals surface area contributed by atoms with Crippen LogP contribution >= 0.6 is 0 Å². The van der Waals surface area contributed by atoms with E-state index in [1.54, 1.807) is 0 Å². The van der Waals surface area contributed by atoms with Crippen molar-refractivity contribution in [3.63, 3.8) is 0 Å². The highest BCUT2D eigenvalue weighted by molar-refractivity contribution is 5.79. The molecular weight excluding hydrogens is 388 g/mol. The molecule has 0 spiro atoms. The minimum absolute atomic E-state index is 0.171. The normalized spacial score (nSPS) is 19.7. The number of aliphatic imine (C=N–C) groups is 1. The van der Waals surface area contributed by atoms with Gasteiger partial charge in [-0.05, 0) is 71.2 Å². The molecule has 0 radical (unpaired) electrons. The Balaban J connectivity index is 1.34. The predicted molar refractivity (Wildman–Crippen MR) is 127 cm³/mol. The van der Waals surface area contributed by atoms with Gasteiger partial charge in [0.05, 0.1) is 17.6 Å². The van der Waals surface area contributed by atoms with Crippen molar-refractivity contribution in [3.05, 3.63) is 30.1 Å². The molecule has 4 rings (SSSR count). The number of hydrogen-bond donors (Lipinski definition) is 2. The Kier molecular flexibility index (Phi) is 7.45. The SMILES string of the molecule is CCNC(=NCC1(N2CCCC2)CCOCC1)NCCCn1c(C)nc2ccccc21. The zero-order chi connectivity index (χ0) is 21.5. The third kappa shape index (κ3) is 5.21. The van der Waals surface area contributed by atoms with Gasteiger partial charge in [-0.3, -0.25) is 9.89 Å². The monoisotopic (exact) mass is 426 g/mol. The summed E-state index contributed by atoms with van der Waals surface area (Å²) in [7, 11) is 0. The number of aromatic nitrogens is 2. The van der Waals surface area contributed by atoms with Gasteiger partial charge in [-0.25, -0.2) is 4.98 Å². The highest BCUT2D eigenvalue weighted by Gasteiger charge is 2.39. The van der Waals surface area contributed by atoms with Crippen LogP contribution in [0.4, 0.5) is 0 Å². The molecule has 170 valence electrons. The average molecular weight is 427 g/mol. The second kappa shape index (κ2) is 10.5. The summed E-state index contributed by atoms with van der Waals surface area (Å²) in [4.78, 5) is 12.4. The first-order chi connectivity index (χ1) is 15.2. The number of guanidine groups is 1. The van der Waals surface area contributed by atoms with Crippen LogP contribution in [-0.4, -0.2) is 71.9 Å². The summed E-state index contributed by atoms with van der Waals surface area (Å²) >= 11 is 0. The van der Waals surface area contributed by atoms with Crippen LogP contribution < -0.4 is 10.6 Å². The summed E-state index contributed by atoms with van der Waals surface area (Å²) < 4.78 is 7.99. The zero-order valence-corrected chi connectivity index (χ0v) is 19.2. The number of benzene rings is 1. The molecule has 7 heteroatoms. The fourth-order valence-corrected chi connectivity index (χ4v) is 5.01. The van der Waals surface area contributed by atoms with Crippen LogP contribution in [0.25, 0.3) is 11.0 Å². The molecule has 0 unspecified atom stereocenters. The molecular formula is C24H38N6O. The molecule has 0 saturated carbocycles. The molecule has 2 aliphatic rings. The van der Waals surface area contributed by atoms with Crippen molar-refractivity contribution in [1.82, 2.24) is 25.1 Å². The number of ether oxygens (including phenoxy) is 1. The summed E-state index contributed by atoms with van der Waals surface area (Å²) in [6.07, 6.45) is 5.82. The summed E-state index contributed by atoms with van der Waals surface area (Å²) in [5, 5.41) is 6.99. The first kappa shape index (κ1) is 22.1. The molecule has 2 aliphatic heterocycles. The number of likely N-dealkylation sites (tertiary alicyclic amines) is 1. The number of nitrogens with zero attached hydrogens (tertiary/aromatic N) is 4. The van der Waals surface area contributed by atoms with Crippen LogP contribution in [0.2, 0.25) is 0 Å². The third-order valence-electron chi connectivity index (χ3n) is 6.77. The predicted octanol–water partition coefficient (Wildman–Crippen LogP) is 2.93. The Bertz CT molecular complexity index is 864. The minimum atomic E-state index is 0.171. The molecule has 0 bridgehead atoms. The van der Waals surface area contributed by atoms with E-state index in [1.807, 2.05) is 6.07 Å². The van der Waals surface area contributed by atoms with Gasteiger partial charge in [0.25, 0.3) is 0 Å². The van der Waals surface area contributed by atoms with Crippen LogP contribution in [0.1, 0.15) is 44.9 Å². The fraction of sp³-hybridized carbons (Fsp3) is 0.667. The number of rotatable bonds is 8. The van der Waals surface area contributed by atoms with Crippen molar-refractivity contribution < 1.29 is 4.74 Å². The van der Waals surface area contributed by atoms with E-state index in [0.29, 0.717) is 0 Å². The number of hydrogen-bond acceptors (Lipinski definition) is 4. The van der Waals surface area contributed by atoms with E-state index >= 15 is 0 Å². The van der Waals surface area contributed by atoms with Gasteiger partial charge < -0.3 is 19.9 Å². The maximum Gasteiger partial charge on any atom is 0.191 e. The van der Waals surface area contributed by atoms with Crippen molar-refractivity contribution in [2.75, 3.05) is 45.9 Å². The fourth-order valence-electron chi connectivity index (χ4n) is 5.01. The maximum absolute atomic E-state index is 5.68. The molecule has 2 fully saturated rings. The Hall–Kier alpha value is -2.12. The van der Waals surface area contributed by atoms with Crippen LogP contribution in [-0.2, 0) is 11.3 Å². The summed E-state index contributed by atoms with van der Waals surface area (Å²) in [6.45, 7) is 11.9. The zero-order valence-electron chi connectivity index (χ0n) is 19.2. The molecule has 3 heterocycles. The van der Waals surface area contributed by atoms with Gasteiger partial charge in [-0.1, -0.05) is 12.1 Å². The first-order valence-electron chi connectivity index (χ1n) is 12.0. The number of aryl methyl sites for hydroxylation is 2. The Morgan fingerprint density at radius 3 is 2.71 bits per heavy atom. The average Bonchev–Trinajstić information content (AvgIpc) is 3.44. The van der Waals surface area contributed by atoms with Crippen LogP contribution in [0, 0.1) is 6.92 Å². The number of imidazole rings is 1. The molecule has 0 aliphatic carbocycles. The topological polar surface area (TPSA) is 66.7 Å². The van der Waals surface area contributed by atoms with E-state index in [2.05, 4.69) is 57.1 Å². The number of para-hydroxylation sites is 2. The van der Waals surface area contributed by atoms with Crippen LogP contribution in [0.5, 0.6) is 0 Å². The lowest BCUT2D eigenvalue weighted by Gasteiger charge is -2.43. The quantitative estimate of drug-likeness (QED) is 0.386. The largest absolute Gasteiger partial charge is 0.381 e. The third-order valence-corrected chi connectivity index (χ3v) is 6.77. The second-order valence-corrected chi connectivity index (χ2v) is 8.81. The van der Waals surface area contributed by atoms with E-state index in [4.69, 9.17) is 9.73 Å². The van der Waals surface area contributed by atoms with E-state index < -0.39 is 0 Å². The standard InChI is InChI=1S/C24H38N6O/c1-3-25-23(27-19-24(11-17-31-18-12-24)29-14-6-7-15-29)26-13-8-16-30-20(2)28-21-9-4-5-10-22(21)30/h4-5,9-10H,3,6-8,11-19H2,1-2H3,(H2,25,26,27). The van der Waals surface area contributed by atoms with Gasteiger partial charge in [-0.15, -0.1) is 0 Å². The van der Waals surface area contributed by atoms with Crippen molar-refractivity contribution >= 4 is 17.0 Å². The molecule has 2 N–H and O–H groups in total. The smallest absolute Gasteiger partial charge is 0.191 e. The van der Waals surface area contributed by atoms with Crippen molar-refractivity contribution in [3.8, 4) is 0 Å². The Labute approximate surface area is 186 Å². The van der Waals surface area contributed by atoms with Crippen LogP contribution in [0.3, 0.4) is 0 Å². The maximum atomic E-state index is 5.68. The van der Waals surface area contributed by atoms with Gasteiger partial charge in [0.2, 0.25) is 0 Å². The number of nitrogens with one attached hydrogen (secondary N) is 2. The highest BCUT2D eigenvalue weighted by Crippen LogP contribution is 2.31. The lowest BCUT2D eigenvalue weighted by molar-refractivity contribution is -0.0139. The summed E-state index contributed by atoms with van der Waals surface area (Å²) in [6, 6.07) is 8.37. The van der Waals surface area contributed by atoms with Crippen molar-refractivity contribution in [2.24, 2.45) is 4.99 Å². The lowest BCUT2D eigenvalue weighted by atomic mass is 9.88. The van der Waals surface area contributed by atoms with Crippen LogP contribution in [0.15, 0.2) is 29.3 Å². The van der Waals surface area contributed by atoms with Gasteiger partial charge >= 0.3 is 0 Å². The molecule has 1 aromatic carbocycles. The highest BCUT2D eigenvalue weighted by atomic mass is 16.5. The Morgan fingerprint density at radius 2 is 1.94 bits per heavy atom. The molecule has 0 atom stereocenters. The molecule has 7 nitrogen and oxygen atoms in total. The lowest BCUT2D eigenvalue weighted by Crippen LogP contribution is -2.54. The molecule has 1 aromatic heterocycles. The minimum Gasteiger partial charge on any atom is -0.381 e. The summed E-state index contributed by atoms with van der Waals surface area (Å²) in [5.74, 6) is 2.01. The number of fused-ring (bicyclic) bond motifs is 1. The van der Waals surface area contributed by atoms with Gasteiger partial charge in [-0.2, -0.15) is 0 Å². The van der Waals surface area contributed by atoms with E-state index in [-0.39, 0.29) is 5.54 Å². The van der Waals surface area contributed by atoms with Gasteiger partial charge in [0, 0.05) is 38.4 Å².